The van der Waals surface area contributed by atoms with E-state index >= 15 is 0 Å². The summed E-state index contributed by atoms with van der Waals surface area (Å²) in [6.45, 7) is 2.27. The van der Waals surface area contributed by atoms with E-state index in [-0.39, 0.29) is 0 Å². The van der Waals surface area contributed by atoms with Gasteiger partial charge < -0.3 is 4.90 Å². The van der Waals surface area contributed by atoms with E-state index in [2.05, 4.69) is 37.5 Å². The van der Waals surface area contributed by atoms with Gasteiger partial charge >= 0.3 is 0 Å². The molecule has 1 fully saturated rings. The average molecular weight is 383 g/mol. The van der Waals surface area contributed by atoms with Crippen molar-refractivity contribution in [2.45, 2.75) is 12.8 Å². The van der Waals surface area contributed by atoms with Crippen molar-refractivity contribution >= 4 is 34.7 Å². The van der Waals surface area contributed by atoms with Gasteiger partial charge in [0.1, 0.15) is 6.29 Å². The number of carbonyl (C=O) groups excluding carboxylic acids is 1. The van der Waals surface area contributed by atoms with Crippen LogP contribution in [-0.4, -0.2) is 19.4 Å². The van der Waals surface area contributed by atoms with Crippen LogP contribution < -0.4 is 4.90 Å². The third-order valence-electron chi connectivity index (χ3n) is 4.76. The summed E-state index contributed by atoms with van der Waals surface area (Å²) in [5, 5.41) is 17.0. The van der Waals surface area contributed by atoms with Crippen LogP contribution in [0.4, 0.5) is 28.4 Å². The quantitative estimate of drug-likeness (QED) is 0.342. The molecule has 0 atom stereocenters. The van der Waals surface area contributed by atoms with E-state index in [1.165, 1.54) is 18.5 Å². The van der Waals surface area contributed by atoms with Gasteiger partial charge in [-0.3, -0.25) is 4.79 Å². The first-order valence-corrected chi connectivity index (χ1v) is 9.64. The lowest BCUT2D eigenvalue weighted by atomic mass is 10.2. The summed E-state index contributed by atoms with van der Waals surface area (Å²) in [6, 6.07) is 22.5. The zero-order valence-electron chi connectivity index (χ0n) is 16.0. The molecule has 0 aromatic heterocycles. The molecule has 0 saturated carbocycles. The standard InChI is InChI=1S/C23H21N5O/c29-17-18-3-5-19(6-4-18)24-25-20-7-9-21(10-8-20)26-27-22-11-13-23(14-12-22)28-15-1-2-16-28/h3-14,17H,1-2,15-16H2. The second kappa shape index (κ2) is 9.01. The van der Waals surface area contributed by atoms with Crippen molar-refractivity contribution in [2.75, 3.05) is 18.0 Å². The lowest BCUT2D eigenvalue weighted by molar-refractivity contribution is 0.112. The Balaban J connectivity index is 1.37. The van der Waals surface area contributed by atoms with E-state index in [0.717, 1.165) is 36.4 Å². The average Bonchev–Trinajstić information content (AvgIpc) is 3.33. The lowest BCUT2D eigenvalue weighted by Crippen LogP contribution is -2.17. The fourth-order valence-corrected chi connectivity index (χ4v) is 3.14. The second-order valence-electron chi connectivity index (χ2n) is 6.84. The molecule has 0 unspecified atom stereocenters. The number of azo groups is 2. The van der Waals surface area contributed by atoms with Crippen molar-refractivity contribution in [3.63, 3.8) is 0 Å². The zero-order valence-corrected chi connectivity index (χ0v) is 16.0. The number of rotatable bonds is 6. The third kappa shape index (κ3) is 4.99. The maximum atomic E-state index is 10.7. The molecule has 6 heteroatoms. The van der Waals surface area contributed by atoms with E-state index in [9.17, 15) is 4.79 Å². The summed E-state index contributed by atoms with van der Waals surface area (Å²) in [5.74, 6) is 0. The molecule has 0 spiro atoms. The Hall–Kier alpha value is -3.67. The minimum atomic E-state index is 0.615. The van der Waals surface area contributed by atoms with Gasteiger partial charge in [-0.05, 0) is 85.6 Å². The van der Waals surface area contributed by atoms with Crippen LogP contribution in [0.5, 0.6) is 0 Å². The highest BCUT2D eigenvalue weighted by Gasteiger charge is 2.11. The molecule has 0 aliphatic carbocycles. The number of hydrogen-bond donors (Lipinski definition) is 0. The fourth-order valence-electron chi connectivity index (χ4n) is 3.14. The monoisotopic (exact) mass is 383 g/mol. The van der Waals surface area contributed by atoms with Gasteiger partial charge in [-0.1, -0.05) is 0 Å². The van der Waals surface area contributed by atoms with Gasteiger partial charge in [0.05, 0.1) is 22.7 Å². The number of aldehydes is 1. The normalized spacial score (nSPS) is 14.1. The number of benzene rings is 3. The molecule has 1 heterocycles. The maximum absolute atomic E-state index is 10.7. The molecular formula is C23H21N5O. The van der Waals surface area contributed by atoms with Crippen LogP contribution in [0.1, 0.15) is 23.2 Å². The van der Waals surface area contributed by atoms with Gasteiger partial charge in [-0.15, -0.1) is 0 Å². The summed E-state index contributed by atoms with van der Waals surface area (Å²) in [4.78, 5) is 13.1. The Morgan fingerprint density at radius 3 is 1.38 bits per heavy atom. The van der Waals surface area contributed by atoms with Crippen molar-refractivity contribution < 1.29 is 4.79 Å². The van der Waals surface area contributed by atoms with Crippen LogP contribution in [0.3, 0.4) is 0 Å². The van der Waals surface area contributed by atoms with Gasteiger partial charge in [-0.2, -0.15) is 20.5 Å². The maximum Gasteiger partial charge on any atom is 0.150 e. The Morgan fingerprint density at radius 2 is 0.966 bits per heavy atom. The van der Waals surface area contributed by atoms with Crippen LogP contribution in [0.25, 0.3) is 0 Å². The van der Waals surface area contributed by atoms with Crippen molar-refractivity contribution in [1.29, 1.82) is 0 Å². The largest absolute Gasteiger partial charge is 0.372 e. The molecule has 0 bridgehead atoms. The second-order valence-corrected chi connectivity index (χ2v) is 6.84. The minimum absolute atomic E-state index is 0.615. The minimum Gasteiger partial charge on any atom is -0.372 e. The Kier molecular flexibility index (Phi) is 5.81. The molecule has 4 rings (SSSR count). The van der Waals surface area contributed by atoms with Crippen molar-refractivity contribution in [2.24, 2.45) is 20.5 Å². The van der Waals surface area contributed by atoms with Gasteiger partial charge in [0.2, 0.25) is 0 Å². The van der Waals surface area contributed by atoms with Crippen molar-refractivity contribution in [3.8, 4) is 0 Å². The highest BCUT2D eigenvalue weighted by molar-refractivity contribution is 5.75. The summed E-state index contributed by atoms with van der Waals surface area (Å²) < 4.78 is 0. The summed E-state index contributed by atoms with van der Waals surface area (Å²) in [5.41, 5.74) is 4.86. The smallest absolute Gasteiger partial charge is 0.150 e. The first kappa shape index (κ1) is 18.7. The molecule has 1 saturated heterocycles. The molecule has 0 radical (unpaired) electrons. The zero-order chi connectivity index (χ0) is 19.9. The van der Waals surface area contributed by atoms with E-state index in [0.29, 0.717) is 11.3 Å². The van der Waals surface area contributed by atoms with E-state index in [1.54, 1.807) is 24.3 Å². The number of carbonyl (C=O) groups is 1. The molecular weight excluding hydrogens is 362 g/mol. The summed E-state index contributed by atoms with van der Waals surface area (Å²) >= 11 is 0. The first-order chi connectivity index (χ1) is 14.3. The third-order valence-corrected chi connectivity index (χ3v) is 4.76. The lowest BCUT2D eigenvalue weighted by Gasteiger charge is -2.17. The van der Waals surface area contributed by atoms with E-state index in [1.807, 2.05) is 36.4 Å². The molecule has 1 aliphatic heterocycles. The number of hydrogen-bond acceptors (Lipinski definition) is 6. The molecule has 29 heavy (non-hydrogen) atoms. The van der Waals surface area contributed by atoms with E-state index in [4.69, 9.17) is 0 Å². The predicted octanol–water partition coefficient (Wildman–Crippen LogP) is 6.93. The first-order valence-electron chi connectivity index (χ1n) is 9.64. The van der Waals surface area contributed by atoms with E-state index < -0.39 is 0 Å². The van der Waals surface area contributed by atoms with Crippen LogP contribution in [0.15, 0.2) is 93.3 Å². The predicted molar refractivity (Wildman–Crippen MR) is 115 cm³/mol. The van der Waals surface area contributed by atoms with Gasteiger partial charge in [-0.25, -0.2) is 0 Å². The number of nitrogens with zero attached hydrogens (tertiary/aromatic N) is 5. The highest BCUT2D eigenvalue weighted by atomic mass is 16.1. The van der Waals surface area contributed by atoms with Gasteiger partial charge in [0, 0.05) is 24.3 Å². The molecule has 6 nitrogen and oxygen atoms in total. The number of anilines is 1. The highest BCUT2D eigenvalue weighted by Crippen LogP contribution is 2.26. The topological polar surface area (TPSA) is 69.7 Å². The van der Waals surface area contributed by atoms with Crippen LogP contribution in [-0.2, 0) is 0 Å². The van der Waals surface area contributed by atoms with Crippen LogP contribution in [0.2, 0.25) is 0 Å². The Bertz CT molecular complexity index is 1000. The van der Waals surface area contributed by atoms with Crippen LogP contribution >= 0.6 is 0 Å². The SMILES string of the molecule is O=Cc1ccc(N=Nc2ccc(N=Nc3ccc(N4CCCC4)cc3)cc2)cc1. The molecule has 0 amide bonds. The Labute approximate surface area is 169 Å². The molecule has 0 N–H and O–H groups in total. The fraction of sp³-hybridized carbons (Fsp3) is 0.174. The summed E-state index contributed by atoms with van der Waals surface area (Å²) in [6.07, 6.45) is 3.34. The Morgan fingerprint density at radius 1 is 0.586 bits per heavy atom. The molecule has 144 valence electrons. The van der Waals surface area contributed by atoms with Gasteiger partial charge in [0.25, 0.3) is 0 Å². The molecule has 3 aromatic carbocycles. The van der Waals surface area contributed by atoms with Crippen molar-refractivity contribution in [3.05, 3.63) is 78.4 Å². The van der Waals surface area contributed by atoms with Crippen molar-refractivity contribution in [1.82, 2.24) is 0 Å². The molecule has 3 aromatic rings. The molecule has 1 aliphatic rings. The van der Waals surface area contributed by atoms with Gasteiger partial charge in [0.15, 0.2) is 0 Å². The summed E-state index contributed by atoms with van der Waals surface area (Å²) in [7, 11) is 0. The van der Waals surface area contributed by atoms with Crippen LogP contribution in [0, 0.1) is 0 Å².